The van der Waals surface area contributed by atoms with Gasteiger partial charge in [-0.15, -0.1) is 0 Å². The molecule has 0 radical (unpaired) electrons. The minimum atomic E-state index is -0.953. The van der Waals surface area contributed by atoms with Crippen molar-refractivity contribution in [2.24, 2.45) is 5.92 Å². The van der Waals surface area contributed by atoms with E-state index in [9.17, 15) is 24.6 Å². The van der Waals surface area contributed by atoms with Crippen molar-refractivity contribution in [1.82, 2.24) is 0 Å². The number of benzene rings is 1. The molecule has 6 nitrogen and oxygen atoms in total. The normalized spacial score (nSPS) is 14.6. The van der Waals surface area contributed by atoms with E-state index >= 15 is 0 Å². The summed E-state index contributed by atoms with van der Waals surface area (Å²) in [6, 6.07) is 2.30. The zero-order valence-corrected chi connectivity index (χ0v) is 15.2. The van der Waals surface area contributed by atoms with Gasteiger partial charge in [-0.1, -0.05) is 25.5 Å². The molecule has 0 aromatic heterocycles. The SMILES string of the molecule is CC(C)=CCC(OC(=O)C(C)C)C1=CC(=O)c2c(O)ccc(O)c2C1=O. The molecular weight excluding hydrogens is 336 g/mol. The second-order valence-electron chi connectivity index (χ2n) is 6.74. The lowest BCUT2D eigenvalue weighted by atomic mass is 9.85. The molecule has 2 rings (SSSR count). The van der Waals surface area contributed by atoms with E-state index in [0.29, 0.717) is 0 Å². The Morgan fingerprint density at radius 2 is 1.69 bits per heavy atom. The number of hydrogen-bond donors (Lipinski definition) is 2. The van der Waals surface area contributed by atoms with Gasteiger partial charge in [0.1, 0.15) is 17.6 Å². The number of ether oxygens (including phenoxy) is 1. The van der Waals surface area contributed by atoms with Gasteiger partial charge in [0, 0.05) is 12.0 Å². The van der Waals surface area contributed by atoms with Crippen molar-refractivity contribution < 1.29 is 29.3 Å². The van der Waals surface area contributed by atoms with Crippen LogP contribution in [-0.2, 0) is 9.53 Å². The number of carbonyl (C=O) groups excluding carboxylic acids is 3. The Labute approximate surface area is 151 Å². The van der Waals surface area contributed by atoms with E-state index in [2.05, 4.69) is 0 Å². The van der Waals surface area contributed by atoms with Crippen LogP contribution in [0.25, 0.3) is 0 Å². The number of ketones is 2. The molecular formula is C20H22O6. The summed E-state index contributed by atoms with van der Waals surface area (Å²) in [5.74, 6) is -2.94. The topological polar surface area (TPSA) is 101 Å². The Kier molecular flexibility index (Phi) is 5.65. The molecule has 1 aliphatic rings. The third kappa shape index (κ3) is 3.85. The highest BCUT2D eigenvalue weighted by molar-refractivity contribution is 6.27. The average molecular weight is 358 g/mol. The quantitative estimate of drug-likeness (QED) is 0.476. The van der Waals surface area contributed by atoms with Gasteiger partial charge < -0.3 is 14.9 Å². The van der Waals surface area contributed by atoms with Crippen LogP contribution in [0, 0.1) is 5.92 Å². The van der Waals surface area contributed by atoms with E-state index in [0.717, 1.165) is 23.8 Å². The first-order valence-corrected chi connectivity index (χ1v) is 8.32. The lowest BCUT2D eigenvalue weighted by Crippen LogP contribution is -2.30. The summed E-state index contributed by atoms with van der Waals surface area (Å²) in [5.41, 5.74) is 0.437. The Morgan fingerprint density at radius 3 is 2.23 bits per heavy atom. The number of allylic oxidation sites excluding steroid dienone is 2. The van der Waals surface area contributed by atoms with Gasteiger partial charge in [0.05, 0.1) is 17.0 Å². The molecule has 0 amide bonds. The molecule has 0 spiro atoms. The van der Waals surface area contributed by atoms with E-state index in [1.54, 1.807) is 19.9 Å². The van der Waals surface area contributed by atoms with Crippen molar-refractivity contribution in [2.75, 3.05) is 0 Å². The summed E-state index contributed by atoms with van der Waals surface area (Å²) in [4.78, 5) is 37.3. The second-order valence-corrected chi connectivity index (χ2v) is 6.74. The number of phenolic OH excluding ortho intramolecular Hbond substituents is 2. The van der Waals surface area contributed by atoms with Crippen LogP contribution in [0.5, 0.6) is 11.5 Å². The van der Waals surface area contributed by atoms with E-state index in [1.807, 2.05) is 13.8 Å². The number of esters is 1. The summed E-state index contributed by atoms with van der Waals surface area (Å²) >= 11 is 0. The maximum Gasteiger partial charge on any atom is 0.308 e. The third-order valence-corrected chi connectivity index (χ3v) is 4.00. The molecule has 26 heavy (non-hydrogen) atoms. The van der Waals surface area contributed by atoms with E-state index in [4.69, 9.17) is 4.74 Å². The number of carbonyl (C=O) groups is 3. The van der Waals surface area contributed by atoms with Crippen LogP contribution in [0.15, 0.2) is 35.4 Å². The summed E-state index contributed by atoms with van der Waals surface area (Å²) in [6.07, 6.45) is 2.14. The molecule has 1 aliphatic carbocycles. The fourth-order valence-electron chi connectivity index (χ4n) is 2.58. The fourth-order valence-corrected chi connectivity index (χ4v) is 2.58. The largest absolute Gasteiger partial charge is 0.507 e. The Hall–Kier alpha value is -2.89. The summed E-state index contributed by atoms with van der Waals surface area (Å²) < 4.78 is 5.44. The maximum atomic E-state index is 12.9. The summed E-state index contributed by atoms with van der Waals surface area (Å²) in [6.45, 7) is 7.06. The zero-order chi connectivity index (χ0) is 19.6. The number of phenols is 2. The monoisotopic (exact) mass is 358 g/mol. The molecule has 6 heteroatoms. The molecule has 0 saturated heterocycles. The van der Waals surface area contributed by atoms with Gasteiger partial charge >= 0.3 is 5.97 Å². The Bertz CT molecular complexity index is 825. The molecule has 0 fully saturated rings. The summed E-state index contributed by atoms with van der Waals surface area (Å²) in [7, 11) is 0. The Morgan fingerprint density at radius 1 is 1.12 bits per heavy atom. The van der Waals surface area contributed by atoms with E-state index in [-0.39, 0.29) is 28.9 Å². The second kappa shape index (κ2) is 7.56. The van der Waals surface area contributed by atoms with Crippen LogP contribution in [0.4, 0.5) is 0 Å². The molecule has 0 saturated carbocycles. The summed E-state index contributed by atoms with van der Waals surface area (Å²) in [5, 5.41) is 19.9. The van der Waals surface area contributed by atoms with E-state index in [1.165, 1.54) is 0 Å². The van der Waals surface area contributed by atoms with Crippen LogP contribution in [0.1, 0.15) is 54.8 Å². The number of aromatic hydroxyl groups is 2. The van der Waals surface area contributed by atoms with Crippen molar-refractivity contribution in [2.45, 2.75) is 40.2 Å². The van der Waals surface area contributed by atoms with Crippen LogP contribution in [-0.4, -0.2) is 33.9 Å². The predicted octanol–water partition coefficient (Wildman–Crippen LogP) is 3.33. The highest BCUT2D eigenvalue weighted by atomic mass is 16.5. The maximum absolute atomic E-state index is 12.9. The molecule has 1 unspecified atom stereocenters. The molecule has 0 bridgehead atoms. The lowest BCUT2D eigenvalue weighted by molar-refractivity contribution is -0.150. The van der Waals surface area contributed by atoms with Crippen molar-refractivity contribution in [1.29, 1.82) is 0 Å². The standard InChI is InChI=1S/C20H22O6/c1-10(2)5-8-16(26-20(25)11(3)4)12-9-15(23)17-13(21)6-7-14(22)18(17)19(12)24/h5-7,9,11,16,21-22H,8H2,1-4H3. The van der Waals surface area contributed by atoms with Gasteiger partial charge in [0.15, 0.2) is 11.6 Å². The van der Waals surface area contributed by atoms with Gasteiger partial charge in [0.2, 0.25) is 0 Å². The van der Waals surface area contributed by atoms with Crippen molar-refractivity contribution in [3.8, 4) is 11.5 Å². The minimum Gasteiger partial charge on any atom is -0.507 e. The zero-order valence-electron chi connectivity index (χ0n) is 15.2. The first-order chi connectivity index (χ1) is 12.1. The van der Waals surface area contributed by atoms with Crippen molar-refractivity contribution in [3.05, 3.63) is 46.6 Å². The van der Waals surface area contributed by atoms with Crippen LogP contribution in [0.2, 0.25) is 0 Å². The number of rotatable bonds is 5. The van der Waals surface area contributed by atoms with Gasteiger partial charge in [0.25, 0.3) is 0 Å². The van der Waals surface area contributed by atoms with Crippen molar-refractivity contribution in [3.63, 3.8) is 0 Å². The molecule has 1 aromatic carbocycles. The van der Waals surface area contributed by atoms with Gasteiger partial charge in [-0.05, 0) is 32.1 Å². The Balaban J connectivity index is 2.50. The highest BCUT2D eigenvalue weighted by Gasteiger charge is 2.35. The minimum absolute atomic E-state index is 0.0186. The van der Waals surface area contributed by atoms with Crippen LogP contribution < -0.4 is 0 Å². The first kappa shape index (κ1) is 19.4. The molecule has 0 aliphatic heterocycles. The van der Waals surface area contributed by atoms with E-state index < -0.39 is 35.3 Å². The molecule has 2 N–H and O–H groups in total. The number of fused-ring (bicyclic) bond motifs is 1. The predicted molar refractivity (Wildman–Crippen MR) is 95.3 cm³/mol. The number of Topliss-reactive ketones (excluding diaryl/α,β-unsaturated/α-hetero) is 1. The highest BCUT2D eigenvalue weighted by Crippen LogP contribution is 2.36. The smallest absolute Gasteiger partial charge is 0.308 e. The van der Waals surface area contributed by atoms with Gasteiger partial charge in [-0.3, -0.25) is 14.4 Å². The van der Waals surface area contributed by atoms with Crippen LogP contribution >= 0.6 is 0 Å². The molecule has 1 atom stereocenters. The van der Waals surface area contributed by atoms with Gasteiger partial charge in [-0.2, -0.15) is 0 Å². The molecule has 1 aromatic rings. The average Bonchev–Trinajstić information content (AvgIpc) is 2.56. The third-order valence-electron chi connectivity index (χ3n) is 4.00. The molecule has 0 heterocycles. The fraction of sp³-hybridized carbons (Fsp3) is 0.350. The van der Waals surface area contributed by atoms with Crippen LogP contribution in [0.3, 0.4) is 0 Å². The number of hydrogen-bond acceptors (Lipinski definition) is 6. The van der Waals surface area contributed by atoms with Gasteiger partial charge in [-0.25, -0.2) is 0 Å². The first-order valence-electron chi connectivity index (χ1n) is 8.32. The molecule has 138 valence electrons. The lowest BCUT2D eigenvalue weighted by Gasteiger charge is -2.24. The van der Waals surface area contributed by atoms with Crippen molar-refractivity contribution >= 4 is 17.5 Å².